The average molecular weight is 326 g/mol. The number of carbonyl (C=O) groups is 1. The maximum Gasteiger partial charge on any atom is 0.240 e. The minimum absolute atomic E-state index is 0.0685. The van der Waals surface area contributed by atoms with Gasteiger partial charge in [0, 0.05) is 6.42 Å². The lowest BCUT2D eigenvalue weighted by Gasteiger charge is -2.56. The SMILES string of the molecule is CC(/C=N/NC(=O)CC12CC3CC(CC(C3)C1)C2)=C\c1ccco1. The number of nitrogens with one attached hydrogen (secondary N) is 1. The van der Waals surface area contributed by atoms with Crippen molar-refractivity contribution >= 4 is 18.2 Å². The van der Waals surface area contributed by atoms with Crippen molar-refractivity contribution in [2.24, 2.45) is 28.3 Å². The molecule has 1 N–H and O–H groups in total. The van der Waals surface area contributed by atoms with E-state index in [0.717, 1.165) is 29.1 Å². The van der Waals surface area contributed by atoms with E-state index in [2.05, 4.69) is 10.5 Å². The third-order valence-corrected chi connectivity index (χ3v) is 6.07. The van der Waals surface area contributed by atoms with E-state index in [1.165, 1.54) is 38.5 Å². The zero-order valence-corrected chi connectivity index (χ0v) is 14.3. The summed E-state index contributed by atoms with van der Waals surface area (Å²) in [5.74, 6) is 3.50. The van der Waals surface area contributed by atoms with Crippen molar-refractivity contribution in [3.63, 3.8) is 0 Å². The van der Waals surface area contributed by atoms with E-state index < -0.39 is 0 Å². The van der Waals surface area contributed by atoms with Crippen LogP contribution in [-0.4, -0.2) is 12.1 Å². The van der Waals surface area contributed by atoms with Gasteiger partial charge in [0.15, 0.2) is 0 Å². The number of amides is 1. The van der Waals surface area contributed by atoms with E-state index in [9.17, 15) is 4.79 Å². The molecule has 4 nitrogen and oxygen atoms in total. The highest BCUT2D eigenvalue weighted by atomic mass is 16.3. The number of rotatable bonds is 5. The van der Waals surface area contributed by atoms with Gasteiger partial charge in [-0.1, -0.05) is 0 Å². The Morgan fingerprint density at radius 2 is 1.96 bits per heavy atom. The number of hydrogen-bond donors (Lipinski definition) is 1. The van der Waals surface area contributed by atoms with Gasteiger partial charge in [-0.2, -0.15) is 5.10 Å². The third kappa shape index (κ3) is 3.33. The summed E-state index contributed by atoms with van der Waals surface area (Å²) < 4.78 is 5.27. The van der Waals surface area contributed by atoms with Crippen molar-refractivity contribution in [3.8, 4) is 0 Å². The molecular formula is C20H26N2O2. The molecule has 4 aliphatic carbocycles. The van der Waals surface area contributed by atoms with Crippen molar-refractivity contribution < 1.29 is 9.21 Å². The minimum atomic E-state index is 0.0685. The van der Waals surface area contributed by atoms with Crippen LogP contribution in [0.2, 0.25) is 0 Å². The molecular weight excluding hydrogens is 300 g/mol. The molecule has 4 aliphatic rings. The topological polar surface area (TPSA) is 54.6 Å². The Morgan fingerprint density at radius 3 is 2.54 bits per heavy atom. The van der Waals surface area contributed by atoms with Crippen LogP contribution in [0.1, 0.15) is 57.6 Å². The number of carbonyl (C=O) groups excluding carboxylic acids is 1. The summed E-state index contributed by atoms with van der Waals surface area (Å²) in [5, 5.41) is 4.12. The maximum atomic E-state index is 12.4. The first kappa shape index (κ1) is 15.7. The molecule has 0 aromatic carbocycles. The monoisotopic (exact) mass is 326 g/mol. The van der Waals surface area contributed by atoms with Gasteiger partial charge in [0.05, 0.1) is 12.5 Å². The van der Waals surface area contributed by atoms with Crippen LogP contribution < -0.4 is 5.43 Å². The summed E-state index contributed by atoms with van der Waals surface area (Å²) in [4.78, 5) is 12.4. The van der Waals surface area contributed by atoms with Crippen molar-refractivity contribution in [2.75, 3.05) is 0 Å². The van der Waals surface area contributed by atoms with Gasteiger partial charge in [-0.3, -0.25) is 4.79 Å². The van der Waals surface area contributed by atoms with Crippen molar-refractivity contribution in [3.05, 3.63) is 29.7 Å². The molecule has 24 heavy (non-hydrogen) atoms. The van der Waals surface area contributed by atoms with Crippen LogP contribution in [0.3, 0.4) is 0 Å². The molecule has 4 saturated carbocycles. The Bertz CT molecular complexity index is 622. The highest BCUT2D eigenvalue weighted by Gasteiger charge is 2.51. The predicted molar refractivity (Wildman–Crippen MR) is 94.2 cm³/mol. The van der Waals surface area contributed by atoms with Gasteiger partial charge in [-0.25, -0.2) is 5.43 Å². The van der Waals surface area contributed by atoms with Crippen LogP contribution in [0.5, 0.6) is 0 Å². The van der Waals surface area contributed by atoms with Gasteiger partial charge in [0.2, 0.25) is 5.91 Å². The Hall–Kier alpha value is -1.84. The van der Waals surface area contributed by atoms with E-state index in [0.29, 0.717) is 6.42 Å². The molecule has 4 bridgehead atoms. The van der Waals surface area contributed by atoms with E-state index in [1.807, 2.05) is 25.1 Å². The summed E-state index contributed by atoms with van der Waals surface area (Å²) in [6.07, 6.45) is 13.9. The Kier molecular flexibility index (Phi) is 4.07. The smallest absolute Gasteiger partial charge is 0.240 e. The summed E-state index contributed by atoms with van der Waals surface area (Å²) >= 11 is 0. The lowest BCUT2D eigenvalue weighted by atomic mass is 9.49. The molecule has 1 amide bonds. The maximum absolute atomic E-state index is 12.4. The Morgan fingerprint density at radius 1 is 1.29 bits per heavy atom. The Balaban J connectivity index is 1.32. The van der Waals surface area contributed by atoms with Crippen LogP contribution in [0, 0.1) is 23.2 Å². The fourth-order valence-electron chi connectivity index (χ4n) is 5.73. The van der Waals surface area contributed by atoms with E-state index in [1.54, 1.807) is 12.5 Å². The molecule has 128 valence electrons. The fraction of sp³-hybridized carbons (Fsp3) is 0.600. The third-order valence-electron chi connectivity index (χ3n) is 6.07. The van der Waals surface area contributed by atoms with Crippen LogP contribution in [-0.2, 0) is 4.79 Å². The van der Waals surface area contributed by atoms with Crippen LogP contribution >= 0.6 is 0 Å². The molecule has 0 spiro atoms. The molecule has 0 atom stereocenters. The molecule has 4 heteroatoms. The van der Waals surface area contributed by atoms with Gasteiger partial charge < -0.3 is 4.42 Å². The van der Waals surface area contributed by atoms with Crippen molar-refractivity contribution in [2.45, 2.75) is 51.9 Å². The molecule has 0 radical (unpaired) electrons. The normalized spacial score (nSPS) is 34.9. The average Bonchev–Trinajstić information content (AvgIpc) is 2.97. The highest BCUT2D eigenvalue weighted by Crippen LogP contribution is 2.61. The van der Waals surface area contributed by atoms with Gasteiger partial charge in [-0.15, -0.1) is 0 Å². The van der Waals surface area contributed by atoms with Gasteiger partial charge in [0.25, 0.3) is 0 Å². The van der Waals surface area contributed by atoms with Gasteiger partial charge in [-0.05, 0) is 92.4 Å². The molecule has 1 aromatic heterocycles. The number of hydrogen-bond acceptors (Lipinski definition) is 3. The molecule has 0 aliphatic heterocycles. The lowest BCUT2D eigenvalue weighted by molar-refractivity contribution is -0.129. The number of furan rings is 1. The van der Waals surface area contributed by atoms with Crippen LogP contribution in [0.15, 0.2) is 33.5 Å². The molecule has 0 saturated heterocycles. The molecule has 1 aromatic rings. The standard InChI is InChI=1S/C20H26N2O2/c1-14(5-18-3-2-4-24-18)13-21-22-19(23)12-20-9-15-6-16(10-20)8-17(7-15)11-20/h2-5,13,15-17H,6-12H2,1H3,(H,22,23)/b14-5+,21-13+. The Labute approximate surface area is 143 Å². The second kappa shape index (κ2) is 6.23. The highest BCUT2D eigenvalue weighted by molar-refractivity contribution is 5.85. The quantitative estimate of drug-likeness (QED) is 0.644. The van der Waals surface area contributed by atoms with E-state index in [-0.39, 0.29) is 11.3 Å². The zero-order valence-electron chi connectivity index (χ0n) is 14.3. The molecule has 0 unspecified atom stereocenters. The summed E-state index contributed by atoms with van der Waals surface area (Å²) in [6.45, 7) is 1.94. The van der Waals surface area contributed by atoms with Crippen molar-refractivity contribution in [1.82, 2.24) is 5.43 Å². The first-order valence-electron chi connectivity index (χ1n) is 9.14. The number of hydrazone groups is 1. The summed E-state index contributed by atoms with van der Waals surface area (Å²) in [7, 11) is 0. The fourth-order valence-corrected chi connectivity index (χ4v) is 5.73. The number of nitrogens with zero attached hydrogens (tertiary/aromatic N) is 1. The summed E-state index contributed by atoms with van der Waals surface area (Å²) in [6, 6.07) is 3.74. The minimum Gasteiger partial charge on any atom is -0.465 e. The second-order valence-corrected chi connectivity index (χ2v) is 8.29. The largest absolute Gasteiger partial charge is 0.465 e. The van der Waals surface area contributed by atoms with Gasteiger partial charge >= 0.3 is 0 Å². The predicted octanol–water partition coefficient (Wildman–Crippen LogP) is 4.39. The number of allylic oxidation sites excluding steroid dienone is 1. The molecule has 5 rings (SSSR count). The first-order chi connectivity index (χ1) is 11.6. The van der Waals surface area contributed by atoms with Crippen LogP contribution in [0.4, 0.5) is 0 Å². The van der Waals surface area contributed by atoms with Crippen LogP contribution in [0.25, 0.3) is 6.08 Å². The zero-order chi connectivity index (χ0) is 16.6. The molecule has 1 heterocycles. The summed E-state index contributed by atoms with van der Waals surface area (Å²) in [5.41, 5.74) is 3.94. The first-order valence-corrected chi connectivity index (χ1v) is 9.14. The van der Waals surface area contributed by atoms with Crippen molar-refractivity contribution in [1.29, 1.82) is 0 Å². The van der Waals surface area contributed by atoms with E-state index >= 15 is 0 Å². The molecule has 4 fully saturated rings. The second-order valence-electron chi connectivity index (χ2n) is 8.29. The van der Waals surface area contributed by atoms with Gasteiger partial charge in [0.1, 0.15) is 5.76 Å². The lowest BCUT2D eigenvalue weighted by Crippen LogP contribution is -2.47. The van der Waals surface area contributed by atoms with E-state index in [4.69, 9.17) is 4.42 Å².